The van der Waals surface area contributed by atoms with Gasteiger partial charge in [-0.1, -0.05) is 13.8 Å². The van der Waals surface area contributed by atoms with Crippen molar-refractivity contribution in [2.24, 2.45) is 5.92 Å². The second-order valence-electron chi connectivity index (χ2n) is 3.71. The molecule has 0 atom stereocenters. The van der Waals surface area contributed by atoms with Crippen LogP contribution < -0.4 is 5.56 Å². The number of hydrogen-bond acceptors (Lipinski definition) is 3. The third-order valence-electron chi connectivity index (χ3n) is 1.74. The third-order valence-corrected chi connectivity index (χ3v) is 2.30. The Morgan fingerprint density at radius 2 is 2.29 bits per heavy atom. The molecule has 0 saturated carbocycles. The van der Waals surface area contributed by atoms with Crippen LogP contribution in [0.2, 0.25) is 0 Å². The van der Waals surface area contributed by atoms with Crippen molar-refractivity contribution in [3.05, 3.63) is 27.9 Å². The molecule has 0 radical (unpaired) electrons. The van der Waals surface area contributed by atoms with Crippen LogP contribution in [0, 0.1) is 5.92 Å². The highest BCUT2D eigenvalue weighted by molar-refractivity contribution is 7.97. The van der Waals surface area contributed by atoms with Crippen LogP contribution in [0.3, 0.4) is 0 Å². The fraction of sp³-hybridized carbons (Fsp3) is 0.600. The standard InChI is InChI=1S/C10H16N2OS/c1-7(2)4-8-5-10(13)12-9(11-8)6-14-3/h5,7H,4,6H2,1-3H3,(H,11,12,13). The fourth-order valence-electron chi connectivity index (χ4n) is 1.29. The summed E-state index contributed by atoms with van der Waals surface area (Å²) < 4.78 is 0. The van der Waals surface area contributed by atoms with Gasteiger partial charge in [0.2, 0.25) is 0 Å². The highest BCUT2D eigenvalue weighted by Gasteiger charge is 2.03. The first-order valence-electron chi connectivity index (χ1n) is 4.70. The number of nitrogens with one attached hydrogen (secondary N) is 1. The summed E-state index contributed by atoms with van der Waals surface area (Å²) in [6.45, 7) is 4.24. The fourth-order valence-corrected chi connectivity index (χ4v) is 1.70. The zero-order chi connectivity index (χ0) is 10.6. The average molecular weight is 212 g/mol. The highest BCUT2D eigenvalue weighted by atomic mass is 32.2. The van der Waals surface area contributed by atoms with Gasteiger partial charge in [-0.3, -0.25) is 4.79 Å². The molecule has 3 nitrogen and oxygen atoms in total. The maximum absolute atomic E-state index is 11.3. The Balaban J connectivity index is 2.89. The van der Waals surface area contributed by atoms with Crippen molar-refractivity contribution in [1.82, 2.24) is 9.97 Å². The maximum Gasteiger partial charge on any atom is 0.251 e. The van der Waals surface area contributed by atoms with Gasteiger partial charge in [0.25, 0.3) is 5.56 Å². The van der Waals surface area contributed by atoms with Crippen LogP contribution in [0.4, 0.5) is 0 Å². The number of thioether (sulfide) groups is 1. The van der Waals surface area contributed by atoms with Gasteiger partial charge in [0.15, 0.2) is 0 Å². The van der Waals surface area contributed by atoms with Gasteiger partial charge in [0.05, 0.1) is 5.75 Å². The van der Waals surface area contributed by atoms with E-state index in [-0.39, 0.29) is 5.56 Å². The third kappa shape index (κ3) is 3.54. The van der Waals surface area contributed by atoms with Crippen molar-refractivity contribution in [2.45, 2.75) is 26.0 Å². The van der Waals surface area contributed by atoms with Crippen molar-refractivity contribution in [3.8, 4) is 0 Å². The number of nitrogens with zero attached hydrogens (tertiary/aromatic N) is 1. The normalized spacial score (nSPS) is 10.9. The molecule has 1 rings (SSSR count). The predicted octanol–water partition coefficient (Wildman–Crippen LogP) is 1.83. The lowest BCUT2D eigenvalue weighted by Crippen LogP contribution is -2.13. The topological polar surface area (TPSA) is 45.8 Å². The molecule has 0 unspecified atom stereocenters. The van der Waals surface area contributed by atoms with Crippen molar-refractivity contribution in [3.63, 3.8) is 0 Å². The second kappa shape index (κ2) is 5.20. The summed E-state index contributed by atoms with van der Waals surface area (Å²) in [5.41, 5.74) is 0.854. The summed E-state index contributed by atoms with van der Waals surface area (Å²) in [6.07, 6.45) is 2.86. The van der Waals surface area contributed by atoms with E-state index in [4.69, 9.17) is 0 Å². The summed E-state index contributed by atoms with van der Waals surface area (Å²) >= 11 is 1.66. The first kappa shape index (κ1) is 11.3. The first-order chi connectivity index (χ1) is 6.61. The molecule has 4 heteroatoms. The molecule has 0 amide bonds. The molecule has 0 aromatic carbocycles. The molecule has 14 heavy (non-hydrogen) atoms. The summed E-state index contributed by atoms with van der Waals surface area (Å²) in [6, 6.07) is 1.59. The van der Waals surface area contributed by atoms with Gasteiger partial charge in [0.1, 0.15) is 5.82 Å². The lowest BCUT2D eigenvalue weighted by molar-refractivity contribution is 0.630. The molecule has 1 heterocycles. The van der Waals surface area contributed by atoms with Crippen molar-refractivity contribution >= 4 is 11.8 Å². The van der Waals surface area contributed by atoms with Crippen LogP contribution in [-0.2, 0) is 12.2 Å². The summed E-state index contributed by atoms with van der Waals surface area (Å²) in [5.74, 6) is 2.08. The van der Waals surface area contributed by atoms with E-state index in [1.807, 2.05) is 6.26 Å². The number of hydrogen-bond donors (Lipinski definition) is 1. The minimum absolute atomic E-state index is 0.0419. The molecule has 0 spiro atoms. The lowest BCUT2D eigenvalue weighted by atomic mass is 10.1. The molecule has 1 aromatic heterocycles. The maximum atomic E-state index is 11.3. The predicted molar refractivity (Wildman–Crippen MR) is 60.6 cm³/mol. The second-order valence-corrected chi connectivity index (χ2v) is 4.58. The van der Waals surface area contributed by atoms with Crippen LogP contribution >= 0.6 is 11.8 Å². The van der Waals surface area contributed by atoms with E-state index in [0.717, 1.165) is 23.7 Å². The molecule has 78 valence electrons. The van der Waals surface area contributed by atoms with Crippen molar-refractivity contribution in [2.75, 3.05) is 6.26 Å². The smallest absolute Gasteiger partial charge is 0.251 e. The molecule has 0 bridgehead atoms. The molecule has 0 fully saturated rings. The van der Waals surface area contributed by atoms with Crippen LogP contribution in [0.5, 0.6) is 0 Å². The Bertz CT molecular complexity index is 346. The minimum Gasteiger partial charge on any atom is -0.310 e. The van der Waals surface area contributed by atoms with Crippen LogP contribution in [0.1, 0.15) is 25.4 Å². The van der Waals surface area contributed by atoms with E-state index in [1.54, 1.807) is 17.8 Å². The molecule has 0 saturated heterocycles. The van der Waals surface area contributed by atoms with E-state index < -0.39 is 0 Å². The molecular formula is C10H16N2OS. The minimum atomic E-state index is -0.0419. The molecule has 0 aliphatic carbocycles. The number of H-pyrrole nitrogens is 1. The summed E-state index contributed by atoms with van der Waals surface area (Å²) in [4.78, 5) is 18.4. The Hall–Kier alpha value is -0.770. The Labute approximate surface area is 88.3 Å². The van der Waals surface area contributed by atoms with Crippen molar-refractivity contribution in [1.29, 1.82) is 0 Å². The van der Waals surface area contributed by atoms with Crippen molar-refractivity contribution < 1.29 is 0 Å². The Morgan fingerprint density at radius 1 is 1.57 bits per heavy atom. The van der Waals surface area contributed by atoms with Gasteiger partial charge in [-0.15, -0.1) is 0 Å². The Morgan fingerprint density at radius 3 is 2.86 bits per heavy atom. The van der Waals surface area contributed by atoms with Crippen LogP contribution in [0.15, 0.2) is 10.9 Å². The number of aromatic amines is 1. The lowest BCUT2D eigenvalue weighted by Gasteiger charge is -2.05. The van der Waals surface area contributed by atoms with Crippen LogP contribution in [0.25, 0.3) is 0 Å². The molecule has 1 N–H and O–H groups in total. The number of aromatic nitrogens is 2. The first-order valence-corrected chi connectivity index (χ1v) is 6.09. The van der Waals surface area contributed by atoms with E-state index in [2.05, 4.69) is 23.8 Å². The summed E-state index contributed by atoms with van der Waals surface area (Å²) in [7, 11) is 0. The van der Waals surface area contributed by atoms with E-state index in [1.165, 1.54) is 0 Å². The van der Waals surface area contributed by atoms with Crippen LogP contribution in [-0.4, -0.2) is 16.2 Å². The molecular weight excluding hydrogens is 196 g/mol. The zero-order valence-corrected chi connectivity index (χ0v) is 9.65. The zero-order valence-electron chi connectivity index (χ0n) is 8.83. The highest BCUT2D eigenvalue weighted by Crippen LogP contribution is 2.06. The largest absolute Gasteiger partial charge is 0.310 e. The summed E-state index contributed by atoms with van der Waals surface area (Å²) in [5, 5.41) is 0. The quantitative estimate of drug-likeness (QED) is 0.828. The van der Waals surface area contributed by atoms with Gasteiger partial charge in [-0.05, 0) is 18.6 Å². The monoisotopic (exact) mass is 212 g/mol. The molecule has 0 aliphatic rings. The molecule has 1 aromatic rings. The van der Waals surface area contributed by atoms with Gasteiger partial charge in [-0.2, -0.15) is 11.8 Å². The molecule has 0 aliphatic heterocycles. The van der Waals surface area contributed by atoms with Gasteiger partial charge in [0, 0.05) is 11.8 Å². The van der Waals surface area contributed by atoms with E-state index >= 15 is 0 Å². The average Bonchev–Trinajstić information content (AvgIpc) is 2.01. The van der Waals surface area contributed by atoms with Gasteiger partial charge < -0.3 is 4.98 Å². The SMILES string of the molecule is CSCc1nc(CC(C)C)cc(=O)[nH]1. The number of rotatable bonds is 4. The van der Waals surface area contributed by atoms with Gasteiger partial charge in [-0.25, -0.2) is 4.98 Å². The Kier molecular flexibility index (Phi) is 4.20. The van der Waals surface area contributed by atoms with E-state index in [0.29, 0.717) is 5.92 Å². The van der Waals surface area contributed by atoms with E-state index in [9.17, 15) is 4.79 Å². The van der Waals surface area contributed by atoms with Gasteiger partial charge >= 0.3 is 0 Å².